The van der Waals surface area contributed by atoms with E-state index in [9.17, 15) is 19.5 Å². The molecule has 134 valence electrons. The zero-order valence-electron chi connectivity index (χ0n) is 14.9. The molecule has 0 unspecified atom stereocenters. The second kappa shape index (κ2) is 7.48. The summed E-state index contributed by atoms with van der Waals surface area (Å²) < 4.78 is 1.02. The number of aromatic carboxylic acids is 1. The maximum atomic E-state index is 13.0. The van der Waals surface area contributed by atoms with Crippen LogP contribution in [0.3, 0.4) is 0 Å². The summed E-state index contributed by atoms with van der Waals surface area (Å²) in [5, 5.41) is 9.40. The van der Waals surface area contributed by atoms with Crippen LogP contribution < -0.4 is 11.2 Å². The number of hydrogen-bond acceptors (Lipinski definition) is 4. The van der Waals surface area contributed by atoms with Crippen LogP contribution in [-0.4, -0.2) is 38.6 Å². The van der Waals surface area contributed by atoms with Crippen LogP contribution in [0, 0.1) is 13.8 Å². The number of aromatic nitrogens is 2. The van der Waals surface area contributed by atoms with Crippen LogP contribution in [0.4, 0.5) is 0 Å². The first-order chi connectivity index (χ1) is 11.8. The Morgan fingerprint density at radius 3 is 2.40 bits per heavy atom. The molecule has 0 fully saturated rings. The summed E-state index contributed by atoms with van der Waals surface area (Å²) in [5.41, 5.74) is 0.591. The van der Waals surface area contributed by atoms with Gasteiger partial charge < -0.3 is 10.1 Å². The van der Waals surface area contributed by atoms with Crippen molar-refractivity contribution in [3.8, 4) is 5.69 Å². The third kappa shape index (κ3) is 3.56. The fourth-order valence-corrected chi connectivity index (χ4v) is 2.77. The highest BCUT2D eigenvalue weighted by atomic mass is 16.4. The van der Waals surface area contributed by atoms with E-state index in [1.54, 1.807) is 12.1 Å². The second-order valence-electron chi connectivity index (χ2n) is 5.91. The molecule has 0 atom stereocenters. The fourth-order valence-electron chi connectivity index (χ4n) is 2.77. The molecule has 1 aromatic heterocycles. The van der Waals surface area contributed by atoms with Gasteiger partial charge in [0.2, 0.25) is 0 Å². The van der Waals surface area contributed by atoms with E-state index in [4.69, 9.17) is 0 Å². The number of aryl methyl sites for hydroxylation is 1. The van der Waals surface area contributed by atoms with Gasteiger partial charge in [0.25, 0.3) is 5.56 Å². The molecule has 25 heavy (non-hydrogen) atoms. The number of nitrogens with zero attached hydrogens (tertiary/aromatic N) is 2. The first-order valence-electron chi connectivity index (χ1n) is 8.22. The molecule has 0 aliphatic heterocycles. The molecule has 0 aliphatic rings. The van der Waals surface area contributed by atoms with Gasteiger partial charge in [0, 0.05) is 6.54 Å². The molecule has 1 aromatic carbocycles. The Hall–Kier alpha value is -2.67. The lowest BCUT2D eigenvalue weighted by molar-refractivity contribution is 0.0686. The lowest BCUT2D eigenvalue weighted by Gasteiger charge is -2.19. The van der Waals surface area contributed by atoms with Gasteiger partial charge in [-0.15, -0.1) is 0 Å². The number of H-pyrrole nitrogens is 1. The molecule has 0 saturated heterocycles. The Morgan fingerprint density at radius 2 is 1.84 bits per heavy atom. The standard InChI is InChI=1S/C18H23N3O4/c1-5-20(6-2)10-13-15(17(23)24)19-18(25)21(16(13)22)14-9-7-8-11(3)12(14)4/h7-9H,5-6,10H2,1-4H3,(H,19,25)(H,23,24). The average molecular weight is 345 g/mol. The Balaban J connectivity index is 2.79. The maximum Gasteiger partial charge on any atom is 0.352 e. The Labute approximate surface area is 145 Å². The number of carboxylic acid groups (broad SMARTS) is 1. The largest absolute Gasteiger partial charge is 0.477 e. The third-order valence-electron chi connectivity index (χ3n) is 4.51. The molecule has 0 spiro atoms. The molecule has 2 N–H and O–H groups in total. The third-order valence-corrected chi connectivity index (χ3v) is 4.51. The van der Waals surface area contributed by atoms with E-state index in [0.717, 1.165) is 15.7 Å². The Kier molecular flexibility index (Phi) is 5.58. The Morgan fingerprint density at radius 1 is 1.20 bits per heavy atom. The summed E-state index contributed by atoms with van der Waals surface area (Å²) in [6.45, 7) is 9.06. The summed E-state index contributed by atoms with van der Waals surface area (Å²) in [4.78, 5) is 41.2. The molecule has 0 bridgehead atoms. The molecule has 7 heteroatoms. The number of hydrogen-bond donors (Lipinski definition) is 2. The van der Waals surface area contributed by atoms with Gasteiger partial charge >= 0.3 is 11.7 Å². The lowest BCUT2D eigenvalue weighted by atomic mass is 10.1. The predicted molar refractivity (Wildman–Crippen MR) is 95.7 cm³/mol. The molecule has 0 amide bonds. The zero-order chi connectivity index (χ0) is 18.7. The lowest BCUT2D eigenvalue weighted by Crippen LogP contribution is -2.41. The van der Waals surface area contributed by atoms with Gasteiger partial charge in [-0.05, 0) is 44.1 Å². The second-order valence-corrected chi connectivity index (χ2v) is 5.91. The summed E-state index contributed by atoms with van der Waals surface area (Å²) in [6, 6.07) is 5.33. The highest BCUT2D eigenvalue weighted by Crippen LogP contribution is 2.15. The quantitative estimate of drug-likeness (QED) is 0.830. The van der Waals surface area contributed by atoms with Crippen LogP contribution in [-0.2, 0) is 6.54 Å². The number of aromatic amines is 1. The molecule has 0 radical (unpaired) electrons. The minimum Gasteiger partial charge on any atom is -0.477 e. The van der Waals surface area contributed by atoms with Crippen LogP contribution in [0.25, 0.3) is 5.69 Å². The summed E-state index contributed by atoms with van der Waals surface area (Å²) in [7, 11) is 0. The molecule has 0 saturated carbocycles. The SMILES string of the molecule is CCN(CC)Cc1c(C(=O)O)[nH]c(=O)n(-c2cccc(C)c2C)c1=O. The number of carbonyl (C=O) groups is 1. The van der Waals surface area contributed by atoms with Gasteiger partial charge in [0.05, 0.1) is 11.3 Å². The van der Waals surface area contributed by atoms with E-state index in [2.05, 4.69) is 4.98 Å². The topological polar surface area (TPSA) is 95.4 Å². The van der Waals surface area contributed by atoms with Crippen molar-refractivity contribution >= 4 is 5.97 Å². The van der Waals surface area contributed by atoms with Crippen molar-refractivity contribution in [2.75, 3.05) is 13.1 Å². The number of benzene rings is 1. The highest BCUT2D eigenvalue weighted by molar-refractivity contribution is 5.86. The monoisotopic (exact) mass is 345 g/mol. The first-order valence-corrected chi connectivity index (χ1v) is 8.22. The van der Waals surface area contributed by atoms with Gasteiger partial charge in [0.1, 0.15) is 5.69 Å². The molecular weight excluding hydrogens is 322 g/mol. The minimum absolute atomic E-state index is 0.0803. The molecule has 0 aliphatic carbocycles. The number of nitrogens with one attached hydrogen (secondary N) is 1. The van der Waals surface area contributed by atoms with Gasteiger partial charge in [0.15, 0.2) is 0 Å². The minimum atomic E-state index is -1.32. The molecule has 7 nitrogen and oxygen atoms in total. The Bertz CT molecular complexity index is 908. The average Bonchev–Trinajstić information content (AvgIpc) is 2.57. The predicted octanol–water partition coefficient (Wildman–Crippen LogP) is 1.68. The maximum absolute atomic E-state index is 13.0. The van der Waals surface area contributed by atoms with Crippen LogP contribution >= 0.6 is 0 Å². The zero-order valence-corrected chi connectivity index (χ0v) is 14.9. The smallest absolute Gasteiger partial charge is 0.352 e. The van der Waals surface area contributed by atoms with Crippen LogP contribution in [0.1, 0.15) is 41.0 Å². The van der Waals surface area contributed by atoms with Gasteiger partial charge in [-0.25, -0.2) is 14.2 Å². The van der Waals surface area contributed by atoms with Gasteiger partial charge in [-0.2, -0.15) is 0 Å². The summed E-state index contributed by atoms with van der Waals surface area (Å²) in [5.74, 6) is -1.32. The van der Waals surface area contributed by atoms with E-state index in [1.165, 1.54) is 0 Å². The van der Waals surface area contributed by atoms with Crippen LogP contribution in [0.15, 0.2) is 27.8 Å². The number of rotatable bonds is 6. The van der Waals surface area contributed by atoms with Crippen LogP contribution in [0.5, 0.6) is 0 Å². The van der Waals surface area contributed by atoms with Crippen molar-refractivity contribution in [3.05, 3.63) is 61.4 Å². The normalized spacial score (nSPS) is 11.1. The van der Waals surface area contributed by atoms with Crippen molar-refractivity contribution in [2.45, 2.75) is 34.2 Å². The number of carboxylic acids is 1. The first kappa shape index (κ1) is 18.7. The van der Waals surface area contributed by atoms with Crippen LogP contribution in [0.2, 0.25) is 0 Å². The van der Waals surface area contributed by atoms with Crippen molar-refractivity contribution in [1.29, 1.82) is 0 Å². The van der Waals surface area contributed by atoms with E-state index in [0.29, 0.717) is 18.8 Å². The van der Waals surface area contributed by atoms with E-state index < -0.39 is 17.2 Å². The van der Waals surface area contributed by atoms with E-state index in [-0.39, 0.29) is 17.8 Å². The van der Waals surface area contributed by atoms with Gasteiger partial charge in [-0.3, -0.25) is 9.69 Å². The molecule has 2 rings (SSSR count). The molecular formula is C18H23N3O4. The highest BCUT2D eigenvalue weighted by Gasteiger charge is 2.21. The summed E-state index contributed by atoms with van der Waals surface area (Å²) >= 11 is 0. The van der Waals surface area contributed by atoms with Crippen molar-refractivity contribution in [3.63, 3.8) is 0 Å². The molecule has 1 heterocycles. The van der Waals surface area contributed by atoms with Crippen molar-refractivity contribution in [1.82, 2.24) is 14.5 Å². The van der Waals surface area contributed by atoms with Gasteiger partial charge in [-0.1, -0.05) is 26.0 Å². The van der Waals surface area contributed by atoms with E-state index in [1.807, 2.05) is 38.7 Å². The van der Waals surface area contributed by atoms with E-state index >= 15 is 0 Å². The summed E-state index contributed by atoms with van der Waals surface area (Å²) in [6.07, 6.45) is 0. The molecule has 2 aromatic rings. The van der Waals surface area contributed by atoms with Crippen molar-refractivity contribution < 1.29 is 9.90 Å². The fraction of sp³-hybridized carbons (Fsp3) is 0.389. The van der Waals surface area contributed by atoms with Crippen molar-refractivity contribution in [2.24, 2.45) is 0 Å².